The first-order valence-corrected chi connectivity index (χ1v) is 13.1. The van der Waals surface area contributed by atoms with Gasteiger partial charge in [-0.3, -0.25) is 9.59 Å². The topological polar surface area (TPSA) is 78.0 Å². The molecule has 0 N–H and O–H groups in total. The van der Waals surface area contributed by atoms with E-state index in [9.17, 15) is 22.4 Å². The highest BCUT2D eigenvalue weighted by atomic mass is 32.2. The van der Waals surface area contributed by atoms with Crippen LogP contribution in [0.1, 0.15) is 38.7 Å². The normalized spacial score (nSPS) is 18.5. The molecule has 0 radical (unpaired) electrons. The number of benzene rings is 2. The number of nitrogens with zero attached hydrogens (tertiary/aromatic N) is 3. The number of hydrogen-bond donors (Lipinski definition) is 0. The predicted molar refractivity (Wildman–Crippen MR) is 127 cm³/mol. The van der Waals surface area contributed by atoms with Gasteiger partial charge < -0.3 is 9.80 Å². The van der Waals surface area contributed by atoms with Gasteiger partial charge in [-0.05, 0) is 43.2 Å². The Hall–Kier alpha value is -2.78. The van der Waals surface area contributed by atoms with Crippen molar-refractivity contribution in [1.82, 2.24) is 9.21 Å². The molecule has 1 aliphatic carbocycles. The highest BCUT2D eigenvalue weighted by molar-refractivity contribution is 7.89. The van der Waals surface area contributed by atoms with Crippen LogP contribution >= 0.6 is 0 Å². The van der Waals surface area contributed by atoms with Crippen molar-refractivity contribution in [1.29, 1.82) is 0 Å². The summed E-state index contributed by atoms with van der Waals surface area (Å²) in [5, 5.41) is 0. The molecule has 1 saturated carbocycles. The molecule has 0 aromatic heterocycles. The van der Waals surface area contributed by atoms with Crippen LogP contribution in [0.25, 0.3) is 0 Å². The molecule has 34 heavy (non-hydrogen) atoms. The Bertz CT molecular complexity index is 1160. The van der Waals surface area contributed by atoms with Gasteiger partial charge in [0.05, 0.1) is 10.8 Å². The summed E-state index contributed by atoms with van der Waals surface area (Å²) in [4.78, 5) is 29.5. The van der Waals surface area contributed by atoms with Crippen LogP contribution in [0.2, 0.25) is 0 Å². The van der Waals surface area contributed by atoms with Gasteiger partial charge >= 0.3 is 0 Å². The van der Waals surface area contributed by atoms with E-state index in [0.717, 1.165) is 12.8 Å². The van der Waals surface area contributed by atoms with Crippen LogP contribution in [0, 0.1) is 11.7 Å². The van der Waals surface area contributed by atoms with Gasteiger partial charge in [-0.25, -0.2) is 12.8 Å². The zero-order chi connectivity index (χ0) is 24.5. The molecule has 1 aliphatic heterocycles. The Balaban J connectivity index is 1.48. The molecular formula is C25H30FN3O4S. The van der Waals surface area contributed by atoms with E-state index in [2.05, 4.69) is 0 Å². The molecule has 2 aromatic rings. The maximum absolute atomic E-state index is 14.2. The van der Waals surface area contributed by atoms with Crippen LogP contribution in [0.15, 0.2) is 53.4 Å². The third-order valence-corrected chi connectivity index (χ3v) is 8.60. The molecule has 2 fully saturated rings. The van der Waals surface area contributed by atoms with Crippen LogP contribution in [-0.4, -0.2) is 55.1 Å². The highest BCUT2D eigenvalue weighted by Gasteiger charge is 2.41. The number of carbonyl (C=O) groups excluding carboxylic acids is 2. The summed E-state index contributed by atoms with van der Waals surface area (Å²) in [6, 6.07) is 12.7. The Morgan fingerprint density at radius 3 is 2.29 bits per heavy atom. The molecule has 0 spiro atoms. The Morgan fingerprint density at radius 1 is 1.06 bits per heavy atom. The average Bonchev–Trinajstić information content (AvgIpc) is 3.59. The van der Waals surface area contributed by atoms with Gasteiger partial charge in [0.1, 0.15) is 5.82 Å². The number of hydrogen-bond acceptors (Lipinski definition) is 4. The predicted octanol–water partition coefficient (Wildman–Crippen LogP) is 3.40. The van der Waals surface area contributed by atoms with Gasteiger partial charge in [-0.1, -0.05) is 32.0 Å². The standard InChI is InChI=1S/C25H30FN3O4S/c1-3-27(4-2)34(32,33)22-13-11-20(12-14-22)28-17-19(15-24(28)30)25(31)29(21-9-10-21)16-18-7-5-6-8-23(18)26/h5-8,11-14,19,21H,3-4,9-10,15-17H2,1-2H3/t19-/m1/s1. The molecule has 182 valence electrons. The van der Waals surface area contributed by atoms with Crippen molar-refractivity contribution in [2.24, 2.45) is 5.92 Å². The molecule has 2 aliphatic rings. The van der Waals surface area contributed by atoms with Gasteiger partial charge in [0, 0.05) is 49.9 Å². The Kier molecular flexibility index (Phi) is 7.04. The molecule has 9 heteroatoms. The SMILES string of the molecule is CCN(CC)S(=O)(=O)c1ccc(N2C[C@H](C(=O)N(Cc3ccccc3F)C3CC3)CC2=O)cc1. The highest BCUT2D eigenvalue weighted by Crippen LogP contribution is 2.33. The second kappa shape index (κ2) is 9.84. The Labute approximate surface area is 200 Å². The maximum atomic E-state index is 14.2. The average molecular weight is 488 g/mol. The fourth-order valence-corrected chi connectivity index (χ4v) is 5.91. The van der Waals surface area contributed by atoms with Gasteiger partial charge in [0.25, 0.3) is 0 Å². The third-order valence-electron chi connectivity index (χ3n) is 6.54. The fourth-order valence-electron chi connectivity index (χ4n) is 4.45. The molecule has 0 unspecified atom stereocenters. The number of anilines is 1. The van der Waals surface area contributed by atoms with Crippen molar-refractivity contribution >= 4 is 27.5 Å². The lowest BCUT2D eigenvalue weighted by Crippen LogP contribution is -2.38. The van der Waals surface area contributed by atoms with E-state index in [1.807, 2.05) is 0 Å². The van der Waals surface area contributed by atoms with Crippen molar-refractivity contribution in [2.45, 2.75) is 50.6 Å². The molecule has 1 heterocycles. The summed E-state index contributed by atoms with van der Waals surface area (Å²) in [5.74, 6) is -1.18. The summed E-state index contributed by atoms with van der Waals surface area (Å²) >= 11 is 0. The minimum atomic E-state index is -3.59. The molecule has 7 nitrogen and oxygen atoms in total. The third kappa shape index (κ3) is 4.86. The van der Waals surface area contributed by atoms with Crippen LogP contribution in [0.5, 0.6) is 0 Å². The molecule has 4 rings (SSSR count). The molecule has 0 bridgehead atoms. The minimum Gasteiger partial charge on any atom is -0.335 e. The van der Waals surface area contributed by atoms with Crippen molar-refractivity contribution in [3.05, 3.63) is 59.9 Å². The first-order valence-electron chi connectivity index (χ1n) is 11.7. The smallest absolute Gasteiger partial charge is 0.243 e. The molecule has 1 atom stereocenters. The zero-order valence-corrected chi connectivity index (χ0v) is 20.3. The Morgan fingerprint density at radius 2 is 1.71 bits per heavy atom. The van der Waals surface area contributed by atoms with Crippen molar-refractivity contribution in [3.8, 4) is 0 Å². The van der Waals surface area contributed by atoms with E-state index in [4.69, 9.17) is 0 Å². The number of sulfonamides is 1. The largest absolute Gasteiger partial charge is 0.335 e. The number of carbonyl (C=O) groups is 2. The second-order valence-corrected chi connectivity index (χ2v) is 10.7. The molecule has 2 amide bonds. The molecule has 2 aromatic carbocycles. The van der Waals surface area contributed by atoms with E-state index in [0.29, 0.717) is 24.3 Å². The van der Waals surface area contributed by atoms with Crippen LogP contribution in [0.4, 0.5) is 10.1 Å². The summed E-state index contributed by atoms with van der Waals surface area (Å²) < 4.78 is 41.0. The minimum absolute atomic E-state index is 0.0822. The molecular weight excluding hydrogens is 457 g/mol. The lowest BCUT2D eigenvalue weighted by atomic mass is 10.1. The molecule has 1 saturated heterocycles. The zero-order valence-electron chi connectivity index (χ0n) is 19.5. The summed E-state index contributed by atoms with van der Waals surface area (Å²) in [6.45, 7) is 4.73. The van der Waals surface area contributed by atoms with E-state index >= 15 is 0 Å². The van der Waals surface area contributed by atoms with E-state index < -0.39 is 15.9 Å². The first-order chi connectivity index (χ1) is 16.3. The van der Waals surface area contributed by atoms with Gasteiger partial charge in [-0.15, -0.1) is 0 Å². The van der Waals surface area contributed by atoms with Crippen molar-refractivity contribution in [3.63, 3.8) is 0 Å². The quantitative estimate of drug-likeness (QED) is 0.543. The monoisotopic (exact) mass is 487 g/mol. The van der Waals surface area contributed by atoms with Crippen LogP contribution in [0.3, 0.4) is 0 Å². The van der Waals surface area contributed by atoms with Gasteiger partial charge in [0.15, 0.2) is 0 Å². The number of rotatable bonds is 9. The van der Waals surface area contributed by atoms with E-state index in [1.165, 1.54) is 27.4 Å². The number of amides is 2. The fraction of sp³-hybridized carbons (Fsp3) is 0.440. The van der Waals surface area contributed by atoms with Crippen LogP contribution < -0.4 is 4.90 Å². The van der Waals surface area contributed by atoms with Gasteiger partial charge in [0.2, 0.25) is 21.8 Å². The summed E-state index contributed by atoms with van der Waals surface area (Å²) in [6.07, 6.45) is 1.85. The van der Waals surface area contributed by atoms with E-state index in [-0.39, 0.29) is 48.1 Å². The van der Waals surface area contributed by atoms with Crippen molar-refractivity contribution < 1.29 is 22.4 Å². The van der Waals surface area contributed by atoms with E-state index in [1.54, 1.807) is 49.1 Å². The summed E-state index contributed by atoms with van der Waals surface area (Å²) in [7, 11) is -3.59. The van der Waals surface area contributed by atoms with Gasteiger partial charge in [-0.2, -0.15) is 4.31 Å². The second-order valence-electron chi connectivity index (χ2n) is 8.78. The van der Waals surface area contributed by atoms with Crippen LogP contribution in [-0.2, 0) is 26.2 Å². The van der Waals surface area contributed by atoms with Crippen molar-refractivity contribution in [2.75, 3.05) is 24.5 Å². The maximum Gasteiger partial charge on any atom is 0.243 e. The summed E-state index contributed by atoms with van der Waals surface area (Å²) in [5.41, 5.74) is 1.03. The first kappa shape index (κ1) is 24.3. The lowest BCUT2D eigenvalue weighted by Gasteiger charge is -2.26. The lowest BCUT2D eigenvalue weighted by molar-refractivity contribution is -0.137. The number of halogens is 1.